The number of urea groups is 1. The minimum atomic E-state index is -0.876. The average Bonchev–Trinajstić information content (AvgIpc) is 3.08. The van der Waals surface area contributed by atoms with Crippen molar-refractivity contribution in [2.75, 3.05) is 11.9 Å². The monoisotopic (exact) mass is 331 g/mol. The molecule has 1 aromatic carbocycles. The van der Waals surface area contributed by atoms with Crippen molar-refractivity contribution in [3.63, 3.8) is 0 Å². The lowest BCUT2D eigenvalue weighted by Crippen LogP contribution is -2.43. The van der Waals surface area contributed by atoms with E-state index in [0.717, 1.165) is 12.1 Å². The first-order valence-corrected chi connectivity index (χ1v) is 8.27. The number of carbonyl (C=O) groups is 1. The zero-order valence-corrected chi connectivity index (χ0v) is 14.4. The molecule has 0 aliphatic carbocycles. The third kappa shape index (κ3) is 4.11. The molecule has 2 rings (SSSR count). The standard InChI is InChI=1S/C17H25N5O2/c1-4-17(24,5-2)11-18-16(23)20-14-10-8-7-9-13(14)15-21-19-12-22(15)6-3/h7-10,12,24H,4-6,11H2,1-3H3,(H2,18,20,23). The van der Waals surface area contributed by atoms with E-state index in [2.05, 4.69) is 20.8 Å². The van der Waals surface area contributed by atoms with Crippen LogP contribution >= 0.6 is 0 Å². The highest BCUT2D eigenvalue weighted by molar-refractivity contribution is 5.93. The summed E-state index contributed by atoms with van der Waals surface area (Å²) in [4.78, 5) is 12.2. The highest BCUT2D eigenvalue weighted by Crippen LogP contribution is 2.26. The van der Waals surface area contributed by atoms with Gasteiger partial charge in [0, 0.05) is 18.7 Å². The van der Waals surface area contributed by atoms with Crippen molar-refractivity contribution in [3.05, 3.63) is 30.6 Å². The fraction of sp³-hybridized carbons (Fsp3) is 0.471. The molecular weight excluding hydrogens is 306 g/mol. The predicted molar refractivity (Wildman–Crippen MR) is 93.7 cm³/mol. The number of anilines is 1. The lowest BCUT2D eigenvalue weighted by molar-refractivity contribution is 0.0354. The van der Waals surface area contributed by atoms with Gasteiger partial charge in [-0.15, -0.1) is 10.2 Å². The van der Waals surface area contributed by atoms with Gasteiger partial charge in [0.05, 0.1) is 11.3 Å². The second-order valence-corrected chi connectivity index (χ2v) is 5.73. The van der Waals surface area contributed by atoms with Gasteiger partial charge in [0.25, 0.3) is 0 Å². The molecule has 130 valence electrons. The predicted octanol–water partition coefficient (Wildman–Crippen LogP) is 2.64. The molecular formula is C17H25N5O2. The zero-order chi connectivity index (χ0) is 17.6. The van der Waals surface area contributed by atoms with Crippen molar-refractivity contribution >= 4 is 11.7 Å². The molecule has 0 radical (unpaired) electrons. The Morgan fingerprint density at radius 2 is 1.96 bits per heavy atom. The minimum absolute atomic E-state index is 0.207. The van der Waals surface area contributed by atoms with Gasteiger partial charge < -0.3 is 20.3 Å². The van der Waals surface area contributed by atoms with Crippen molar-refractivity contribution in [1.29, 1.82) is 0 Å². The molecule has 7 nitrogen and oxygen atoms in total. The molecule has 1 heterocycles. The first-order valence-electron chi connectivity index (χ1n) is 8.27. The maximum Gasteiger partial charge on any atom is 0.319 e. The van der Waals surface area contributed by atoms with Gasteiger partial charge >= 0.3 is 6.03 Å². The SMILES string of the molecule is CCn1cnnc1-c1ccccc1NC(=O)NCC(O)(CC)CC. The summed E-state index contributed by atoms with van der Waals surface area (Å²) in [6.07, 6.45) is 2.83. The van der Waals surface area contributed by atoms with E-state index in [1.807, 2.05) is 49.6 Å². The summed E-state index contributed by atoms with van der Waals surface area (Å²) in [6.45, 7) is 6.75. The van der Waals surface area contributed by atoms with Crippen LogP contribution in [0.1, 0.15) is 33.6 Å². The molecule has 0 fully saturated rings. The van der Waals surface area contributed by atoms with E-state index in [9.17, 15) is 9.90 Å². The molecule has 1 aromatic heterocycles. The van der Waals surface area contributed by atoms with Crippen molar-refractivity contribution in [1.82, 2.24) is 20.1 Å². The fourth-order valence-electron chi connectivity index (χ4n) is 2.39. The van der Waals surface area contributed by atoms with Gasteiger partial charge in [0.2, 0.25) is 0 Å². The zero-order valence-electron chi connectivity index (χ0n) is 14.4. The van der Waals surface area contributed by atoms with Gasteiger partial charge in [-0.2, -0.15) is 0 Å². The molecule has 0 saturated carbocycles. The third-order valence-corrected chi connectivity index (χ3v) is 4.27. The number of benzene rings is 1. The number of para-hydroxylation sites is 1. The third-order valence-electron chi connectivity index (χ3n) is 4.27. The van der Waals surface area contributed by atoms with E-state index < -0.39 is 5.60 Å². The molecule has 0 atom stereocenters. The molecule has 0 unspecified atom stereocenters. The number of hydrogen-bond donors (Lipinski definition) is 3. The summed E-state index contributed by atoms with van der Waals surface area (Å²) in [5, 5.41) is 23.9. The Hall–Kier alpha value is -2.41. The number of aromatic nitrogens is 3. The summed E-state index contributed by atoms with van der Waals surface area (Å²) in [5.41, 5.74) is 0.571. The topological polar surface area (TPSA) is 92.1 Å². The van der Waals surface area contributed by atoms with E-state index in [1.54, 1.807) is 6.33 Å². The molecule has 2 amide bonds. The molecule has 3 N–H and O–H groups in total. The van der Waals surface area contributed by atoms with E-state index >= 15 is 0 Å². The molecule has 0 bridgehead atoms. The lowest BCUT2D eigenvalue weighted by atomic mass is 9.98. The summed E-state index contributed by atoms with van der Waals surface area (Å²) >= 11 is 0. The number of rotatable bonds is 7. The lowest BCUT2D eigenvalue weighted by Gasteiger charge is -2.25. The van der Waals surface area contributed by atoms with Crippen LogP contribution in [0.15, 0.2) is 30.6 Å². The highest BCUT2D eigenvalue weighted by Gasteiger charge is 2.23. The van der Waals surface area contributed by atoms with Crippen LogP contribution in [0.25, 0.3) is 11.4 Å². The average molecular weight is 331 g/mol. The number of carbonyl (C=O) groups excluding carboxylic acids is 1. The normalized spacial score (nSPS) is 11.3. The minimum Gasteiger partial charge on any atom is -0.388 e. The molecule has 2 aromatic rings. The van der Waals surface area contributed by atoms with Crippen molar-refractivity contribution in [3.8, 4) is 11.4 Å². The van der Waals surface area contributed by atoms with E-state index in [0.29, 0.717) is 24.4 Å². The Morgan fingerprint density at radius 1 is 1.25 bits per heavy atom. The van der Waals surface area contributed by atoms with Crippen LogP contribution in [0.3, 0.4) is 0 Å². The molecule has 0 aliphatic heterocycles. The quantitative estimate of drug-likeness (QED) is 0.727. The van der Waals surface area contributed by atoms with Gasteiger partial charge in [-0.3, -0.25) is 0 Å². The van der Waals surface area contributed by atoms with Crippen LogP contribution in [0.5, 0.6) is 0 Å². The molecule has 0 aliphatic rings. The second-order valence-electron chi connectivity index (χ2n) is 5.73. The molecule has 0 saturated heterocycles. The van der Waals surface area contributed by atoms with Crippen LogP contribution in [0, 0.1) is 0 Å². The van der Waals surface area contributed by atoms with Crippen molar-refractivity contribution in [2.45, 2.75) is 45.8 Å². The van der Waals surface area contributed by atoms with Gasteiger partial charge in [-0.1, -0.05) is 26.0 Å². The molecule has 0 spiro atoms. The van der Waals surface area contributed by atoms with Crippen molar-refractivity contribution in [2.24, 2.45) is 0 Å². The van der Waals surface area contributed by atoms with Gasteiger partial charge in [0.15, 0.2) is 5.82 Å². The second kappa shape index (κ2) is 7.92. The Bertz CT molecular complexity index is 679. The number of aryl methyl sites for hydroxylation is 1. The summed E-state index contributed by atoms with van der Waals surface area (Å²) in [6, 6.07) is 7.08. The van der Waals surface area contributed by atoms with E-state index in [-0.39, 0.29) is 12.6 Å². The smallest absolute Gasteiger partial charge is 0.319 e. The Kier molecular flexibility index (Phi) is 5.92. The number of nitrogens with one attached hydrogen (secondary N) is 2. The first-order chi connectivity index (χ1) is 11.5. The van der Waals surface area contributed by atoms with Crippen LogP contribution in [0.2, 0.25) is 0 Å². The number of hydrogen-bond acceptors (Lipinski definition) is 4. The number of nitrogens with zero attached hydrogens (tertiary/aromatic N) is 3. The molecule has 7 heteroatoms. The van der Waals surface area contributed by atoms with Gasteiger partial charge in [-0.05, 0) is 31.9 Å². The summed E-state index contributed by atoms with van der Waals surface area (Å²) in [7, 11) is 0. The first kappa shape index (κ1) is 17.9. The van der Waals surface area contributed by atoms with Crippen molar-refractivity contribution < 1.29 is 9.90 Å². The van der Waals surface area contributed by atoms with Crippen LogP contribution in [-0.4, -0.2) is 38.0 Å². The van der Waals surface area contributed by atoms with Crippen LogP contribution in [-0.2, 0) is 6.54 Å². The number of aliphatic hydroxyl groups is 1. The summed E-state index contributed by atoms with van der Waals surface area (Å²) in [5.74, 6) is 0.701. The maximum absolute atomic E-state index is 12.2. The molecule has 24 heavy (non-hydrogen) atoms. The van der Waals surface area contributed by atoms with Crippen LogP contribution < -0.4 is 10.6 Å². The van der Waals surface area contributed by atoms with Crippen LogP contribution in [0.4, 0.5) is 10.5 Å². The van der Waals surface area contributed by atoms with Gasteiger partial charge in [0.1, 0.15) is 6.33 Å². The maximum atomic E-state index is 12.2. The largest absolute Gasteiger partial charge is 0.388 e. The Morgan fingerprint density at radius 3 is 2.62 bits per heavy atom. The fourth-order valence-corrected chi connectivity index (χ4v) is 2.39. The summed E-state index contributed by atoms with van der Waals surface area (Å²) < 4.78 is 1.91. The Labute approximate surface area is 142 Å². The van der Waals surface area contributed by atoms with E-state index in [1.165, 1.54) is 0 Å². The Balaban J connectivity index is 2.12. The number of amides is 2. The highest BCUT2D eigenvalue weighted by atomic mass is 16.3. The van der Waals surface area contributed by atoms with Gasteiger partial charge in [-0.25, -0.2) is 4.79 Å². The van der Waals surface area contributed by atoms with E-state index in [4.69, 9.17) is 0 Å².